The maximum Gasteiger partial charge on any atom is 0.259 e. The molecule has 1 unspecified atom stereocenters. The van der Waals surface area contributed by atoms with Gasteiger partial charge in [0.1, 0.15) is 5.82 Å². The molecule has 0 spiro atoms. The zero-order chi connectivity index (χ0) is 30.7. The Morgan fingerprint density at radius 1 is 1.09 bits per heavy atom. The molecule has 8 heteroatoms. The van der Waals surface area contributed by atoms with E-state index in [1.54, 1.807) is 13.8 Å². The second kappa shape index (κ2) is 12.8. The Morgan fingerprint density at radius 2 is 1.79 bits per heavy atom. The number of hydrogen-bond donors (Lipinski definition) is 1. The summed E-state index contributed by atoms with van der Waals surface area (Å²) in [4.78, 5) is 19.1. The van der Waals surface area contributed by atoms with Gasteiger partial charge in [0.15, 0.2) is 0 Å². The second-order valence-electron chi connectivity index (χ2n) is 12.4. The molecule has 1 N–H and O–H groups in total. The standard InChI is InChI=1S/C35H43N5O3/c1-6-10-31-30(21-24-13-15-25(16-14-24)29-12-9-8-11-26(29)22-36)33(41)39(34-37-23(3)38-40(31)34)27-17-19-28(20-18-27)43-32(7-2)35(4,5)42/h8-9,11-16,27-28,32,42H,6-7,10,17-21H2,1-5H3/t27-,28-,32?. The SMILES string of the molecule is CCCc1c(Cc2ccc(-c3ccccc3C#N)cc2)c(=O)n([C@H]2CC[C@H](OC(CC)C(C)(C)O)CC2)c2nc(C)nn12. The highest BCUT2D eigenvalue weighted by atomic mass is 16.5. The molecule has 2 aromatic heterocycles. The maximum atomic E-state index is 14.4. The van der Waals surface area contributed by atoms with Gasteiger partial charge in [0.25, 0.3) is 5.56 Å². The molecule has 0 amide bonds. The van der Waals surface area contributed by atoms with Crippen LogP contribution < -0.4 is 5.56 Å². The van der Waals surface area contributed by atoms with Gasteiger partial charge in [0, 0.05) is 18.0 Å². The summed E-state index contributed by atoms with van der Waals surface area (Å²) in [6.07, 6.45) is 5.93. The number of nitrogens with zero attached hydrogens (tertiary/aromatic N) is 5. The van der Waals surface area contributed by atoms with Crippen LogP contribution in [0.25, 0.3) is 16.9 Å². The Kier molecular flexibility index (Phi) is 9.14. The second-order valence-corrected chi connectivity index (χ2v) is 12.4. The first-order valence-corrected chi connectivity index (χ1v) is 15.6. The molecule has 2 heterocycles. The summed E-state index contributed by atoms with van der Waals surface area (Å²) in [7, 11) is 0. The maximum absolute atomic E-state index is 14.4. The normalized spacial score (nSPS) is 18.1. The van der Waals surface area contributed by atoms with Crippen LogP contribution in [0.3, 0.4) is 0 Å². The Morgan fingerprint density at radius 3 is 2.42 bits per heavy atom. The van der Waals surface area contributed by atoms with Crippen molar-refractivity contribution in [3.63, 3.8) is 0 Å². The third-order valence-corrected chi connectivity index (χ3v) is 8.70. The molecule has 4 aromatic rings. The number of ether oxygens (including phenoxy) is 1. The fraction of sp³-hybridized carbons (Fsp3) is 0.486. The molecular weight excluding hydrogens is 538 g/mol. The van der Waals surface area contributed by atoms with Crippen LogP contribution in [0.15, 0.2) is 53.3 Å². The monoisotopic (exact) mass is 581 g/mol. The van der Waals surface area contributed by atoms with E-state index in [2.05, 4.69) is 25.1 Å². The van der Waals surface area contributed by atoms with Crippen LogP contribution in [0.2, 0.25) is 0 Å². The third kappa shape index (κ3) is 6.43. The number of fused-ring (bicyclic) bond motifs is 1. The summed E-state index contributed by atoms with van der Waals surface area (Å²) < 4.78 is 10.1. The van der Waals surface area contributed by atoms with Gasteiger partial charge in [-0.05, 0) is 82.1 Å². The van der Waals surface area contributed by atoms with Gasteiger partial charge in [0.05, 0.1) is 35.1 Å². The van der Waals surface area contributed by atoms with Gasteiger partial charge in [-0.3, -0.25) is 9.36 Å². The van der Waals surface area contributed by atoms with Gasteiger partial charge >= 0.3 is 0 Å². The van der Waals surface area contributed by atoms with Crippen LogP contribution in [0.1, 0.15) is 100 Å². The minimum atomic E-state index is -0.894. The highest BCUT2D eigenvalue weighted by molar-refractivity contribution is 5.70. The lowest BCUT2D eigenvalue weighted by atomic mass is 9.91. The highest BCUT2D eigenvalue weighted by Gasteiger charge is 2.33. The van der Waals surface area contributed by atoms with E-state index >= 15 is 0 Å². The molecule has 226 valence electrons. The van der Waals surface area contributed by atoms with E-state index < -0.39 is 5.60 Å². The minimum absolute atomic E-state index is 0.0000471. The van der Waals surface area contributed by atoms with Crippen molar-refractivity contribution in [3.8, 4) is 17.2 Å². The average molecular weight is 582 g/mol. The summed E-state index contributed by atoms with van der Waals surface area (Å²) in [5.74, 6) is 1.27. The van der Waals surface area contributed by atoms with Crippen LogP contribution in [-0.2, 0) is 17.6 Å². The van der Waals surface area contributed by atoms with Crippen molar-refractivity contribution < 1.29 is 9.84 Å². The van der Waals surface area contributed by atoms with E-state index in [0.717, 1.165) is 72.9 Å². The molecule has 1 saturated carbocycles. The first-order chi connectivity index (χ1) is 20.6. The fourth-order valence-electron chi connectivity index (χ4n) is 6.50. The molecule has 0 radical (unpaired) electrons. The Balaban J connectivity index is 1.47. The van der Waals surface area contributed by atoms with Crippen LogP contribution in [0.5, 0.6) is 0 Å². The van der Waals surface area contributed by atoms with Crippen molar-refractivity contribution in [2.24, 2.45) is 0 Å². The van der Waals surface area contributed by atoms with E-state index in [4.69, 9.17) is 14.8 Å². The molecule has 0 aliphatic heterocycles. The number of nitriles is 1. The van der Waals surface area contributed by atoms with Gasteiger partial charge in [0.2, 0.25) is 5.78 Å². The van der Waals surface area contributed by atoms with E-state index in [0.29, 0.717) is 23.6 Å². The number of hydrogen-bond acceptors (Lipinski definition) is 6. The molecule has 1 aliphatic carbocycles. The molecule has 1 fully saturated rings. The number of aromatic nitrogens is 4. The largest absolute Gasteiger partial charge is 0.388 e. The molecule has 43 heavy (non-hydrogen) atoms. The topological polar surface area (TPSA) is 105 Å². The van der Waals surface area contributed by atoms with E-state index in [1.165, 1.54) is 0 Å². The number of rotatable bonds is 10. The quantitative estimate of drug-likeness (QED) is 0.235. The van der Waals surface area contributed by atoms with Gasteiger partial charge in [-0.15, -0.1) is 0 Å². The molecule has 5 rings (SSSR count). The summed E-state index contributed by atoms with van der Waals surface area (Å²) in [6, 6.07) is 18.0. The molecule has 1 aliphatic rings. The fourth-order valence-corrected chi connectivity index (χ4v) is 6.50. The average Bonchev–Trinajstić information content (AvgIpc) is 3.38. The van der Waals surface area contributed by atoms with Crippen molar-refractivity contribution in [2.75, 3.05) is 0 Å². The van der Waals surface area contributed by atoms with Gasteiger partial charge in [-0.2, -0.15) is 15.3 Å². The Bertz CT molecular complexity index is 1670. The molecule has 1 atom stereocenters. The van der Waals surface area contributed by atoms with Crippen LogP contribution in [-0.4, -0.2) is 42.1 Å². The molecular formula is C35H43N5O3. The van der Waals surface area contributed by atoms with Crippen molar-refractivity contribution in [3.05, 3.63) is 87.1 Å². The number of aryl methyl sites for hydroxylation is 2. The number of benzene rings is 2. The predicted molar refractivity (Wildman–Crippen MR) is 168 cm³/mol. The van der Waals surface area contributed by atoms with Crippen LogP contribution in [0, 0.1) is 18.3 Å². The first-order valence-electron chi connectivity index (χ1n) is 15.6. The molecule has 2 aromatic carbocycles. The molecule has 8 nitrogen and oxygen atoms in total. The number of aliphatic hydroxyl groups is 1. The lowest BCUT2D eigenvalue weighted by Crippen LogP contribution is -2.41. The van der Waals surface area contributed by atoms with Crippen LogP contribution in [0.4, 0.5) is 0 Å². The summed E-state index contributed by atoms with van der Waals surface area (Å²) >= 11 is 0. The molecule has 0 bridgehead atoms. The summed E-state index contributed by atoms with van der Waals surface area (Å²) in [5, 5.41) is 24.8. The smallest absolute Gasteiger partial charge is 0.259 e. The van der Waals surface area contributed by atoms with Crippen LogP contribution >= 0.6 is 0 Å². The molecule has 0 saturated heterocycles. The van der Waals surface area contributed by atoms with Crippen molar-refractivity contribution in [1.29, 1.82) is 5.26 Å². The zero-order valence-corrected chi connectivity index (χ0v) is 26.0. The Hall–Kier alpha value is -3.80. The first kappa shape index (κ1) is 30.7. The highest BCUT2D eigenvalue weighted by Crippen LogP contribution is 2.33. The summed E-state index contributed by atoms with van der Waals surface area (Å²) in [5.41, 5.74) is 4.35. The van der Waals surface area contributed by atoms with Crippen molar-refractivity contribution in [1.82, 2.24) is 19.2 Å². The van der Waals surface area contributed by atoms with Crippen molar-refractivity contribution in [2.45, 2.75) is 110 Å². The van der Waals surface area contributed by atoms with E-state index in [1.807, 2.05) is 59.3 Å². The minimum Gasteiger partial charge on any atom is -0.388 e. The van der Waals surface area contributed by atoms with E-state index in [-0.39, 0.29) is 23.8 Å². The predicted octanol–water partition coefficient (Wildman–Crippen LogP) is 6.33. The zero-order valence-electron chi connectivity index (χ0n) is 26.0. The van der Waals surface area contributed by atoms with Gasteiger partial charge in [-0.25, -0.2) is 4.52 Å². The van der Waals surface area contributed by atoms with E-state index in [9.17, 15) is 15.2 Å². The third-order valence-electron chi connectivity index (χ3n) is 8.70. The lowest BCUT2D eigenvalue weighted by molar-refractivity contribution is -0.128. The summed E-state index contributed by atoms with van der Waals surface area (Å²) in [6.45, 7) is 9.63. The van der Waals surface area contributed by atoms with Crippen molar-refractivity contribution >= 4 is 5.78 Å². The van der Waals surface area contributed by atoms with Gasteiger partial charge in [-0.1, -0.05) is 62.7 Å². The Labute approximate surface area is 254 Å². The lowest BCUT2D eigenvalue weighted by Gasteiger charge is -2.36. The van der Waals surface area contributed by atoms with Gasteiger partial charge < -0.3 is 9.84 Å².